The summed E-state index contributed by atoms with van der Waals surface area (Å²) in [7, 11) is 0. The van der Waals surface area contributed by atoms with Gasteiger partial charge in [-0.05, 0) is 29.7 Å². The summed E-state index contributed by atoms with van der Waals surface area (Å²) in [5, 5.41) is 0. The molecule has 3 rings (SSSR count). The predicted octanol–water partition coefficient (Wildman–Crippen LogP) is 3.29. The molecule has 1 heterocycles. The van der Waals surface area contributed by atoms with E-state index in [1.807, 2.05) is 18.2 Å². The molecule has 136 valence electrons. The van der Waals surface area contributed by atoms with Crippen molar-refractivity contribution in [3.8, 4) is 0 Å². The molecule has 0 atom stereocenters. The Labute approximate surface area is 151 Å². The van der Waals surface area contributed by atoms with Crippen molar-refractivity contribution in [1.29, 1.82) is 0 Å². The first-order chi connectivity index (χ1) is 12.5. The van der Waals surface area contributed by atoms with Gasteiger partial charge in [0.05, 0.1) is 0 Å². The van der Waals surface area contributed by atoms with Crippen molar-refractivity contribution >= 4 is 17.5 Å². The number of nitrogens with zero attached hydrogens (tertiary/aromatic N) is 2. The summed E-state index contributed by atoms with van der Waals surface area (Å²) in [6.07, 6.45) is 0.787. The fourth-order valence-corrected chi connectivity index (χ4v) is 3.25. The molecular formula is C20H20F2N2O2. The van der Waals surface area contributed by atoms with Gasteiger partial charge in [-0.3, -0.25) is 9.59 Å². The zero-order chi connectivity index (χ0) is 18.7. The summed E-state index contributed by atoms with van der Waals surface area (Å²) in [6.45, 7) is 2.28. The van der Waals surface area contributed by atoms with Gasteiger partial charge in [-0.2, -0.15) is 0 Å². The molecule has 0 unspecified atom stereocenters. The minimum atomic E-state index is -0.820. The molecule has 0 aliphatic carbocycles. The first kappa shape index (κ1) is 18.0. The van der Waals surface area contributed by atoms with Gasteiger partial charge >= 0.3 is 0 Å². The Bertz CT molecular complexity index is 818. The maximum atomic E-state index is 14.0. The van der Waals surface area contributed by atoms with Crippen molar-refractivity contribution in [2.24, 2.45) is 0 Å². The van der Waals surface area contributed by atoms with Gasteiger partial charge in [0.2, 0.25) is 11.8 Å². The van der Waals surface area contributed by atoms with Crippen LogP contribution in [-0.2, 0) is 22.6 Å². The molecule has 2 aromatic rings. The van der Waals surface area contributed by atoms with E-state index in [1.54, 1.807) is 4.90 Å². The van der Waals surface area contributed by atoms with Crippen LogP contribution in [0.1, 0.15) is 24.5 Å². The van der Waals surface area contributed by atoms with Crippen LogP contribution in [0.2, 0.25) is 0 Å². The van der Waals surface area contributed by atoms with Crippen molar-refractivity contribution in [2.75, 3.05) is 18.0 Å². The second kappa shape index (κ2) is 7.64. The van der Waals surface area contributed by atoms with Crippen LogP contribution in [0.25, 0.3) is 0 Å². The quantitative estimate of drug-likeness (QED) is 0.841. The molecule has 0 saturated heterocycles. The van der Waals surface area contributed by atoms with Gasteiger partial charge in [0.15, 0.2) is 0 Å². The molecule has 0 fully saturated rings. The SMILES string of the molecule is CC(=O)N(CCC(=O)N1CCc2ccccc2C1)c1c(F)cccc1F. The molecule has 0 N–H and O–H groups in total. The van der Waals surface area contributed by atoms with Crippen LogP contribution in [0.4, 0.5) is 14.5 Å². The average Bonchev–Trinajstić information content (AvgIpc) is 2.63. The summed E-state index contributed by atoms with van der Waals surface area (Å²) >= 11 is 0. The van der Waals surface area contributed by atoms with Crippen molar-refractivity contribution in [3.05, 3.63) is 65.2 Å². The van der Waals surface area contributed by atoms with Crippen LogP contribution in [0.5, 0.6) is 0 Å². The molecule has 4 nitrogen and oxygen atoms in total. The lowest BCUT2D eigenvalue weighted by molar-refractivity contribution is -0.131. The zero-order valence-electron chi connectivity index (χ0n) is 14.5. The lowest BCUT2D eigenvalue weighted by Crippen LogP contribution is -2.39. The molecule has 0 saturated carbocycles. The van der Waals surface area contributed by atoms with Gasteiger partial charge in [0, 0.05) is 33.0 Å². The molecular weight excluding hydrogens is 338 g/mol. The van der Waals surface area contributed by atoms with E-state index in [4.69, 9.17) is 0 Å². The van der Waals surface area contributed by atoms with E-state index in [9.17, 15) is 18.4 Å². The van der Waals surface area contributed by atoms with Gasteiger partial charge in [-0.1, -0.05) is 30.3 Å². The number of para-hydroxylation sites is 1. The third-order valence-electron chi connectivity index (χ3n) is 4.62. The summed E-state index contributed by atoms with van der Waals surface area (Å²) in [4.78, 5) is 27.1. The van der Waals surface area contributed by atoms with Crippen LogP contribution < -0.4 is 4.90 Å². The second-order valence-electron chi connectivity index (χ2n) is 6.32. The van der Waals surface area contributed by atoms with E-state index < -0.39 is 23.2 Å². The van der Waals surface area contributed by atoms with Gasteiger partial charge in [-0.15, -0.1) is 0 Å². The average molecular weight is 358 g/mol. The highest BCUT2D eigenvalue weighted by Gasteiger charge is 2.24. The lowest BCUT2D eigenvalue weighted by Gasteiger charge is -2.30. The molecule has 0 radical (unpaired) electrons. The van der Waals surface area contributed by atoms with Gasteiger partial charge < -0.3 is 9.80 Å². The number of anilines is 1. The minimum absolute atomic E-state index is 0.00945. The van der Waals surface area contributed by atoms with E-state index in [2.05, 4.69) is 6.07 Å². The Morgan fingerprint density at radius 2 is 1.69 bits per heavy atom. The molecule has 0 aromatic heterocycles. The minimum Gasteiger partial charge on any atom is -0.338 e. The van der Waals surface area contributed by atoms with Crippen LogP contribution in [-0.4, -0.2) is 29.8 Å². The third-order valence-corrected chi connectivity index (χ3v) is 4.62. The fraction of sp³-hybridized carbons (Fsp3) is 0.300. The summed E-state index contributed by atoms with van der Waals surface area (Å²) in [6, 6.07) is 11.4. The Morgan fingerprint density at radius 3 is 2.35 bits per heavy atom. The molecule has 6 heteroatoms. The number of halogens is 2. The number of rotatable bonds is 4. The summed E-state index contributed by atoms with van der Waals surface area (Å²) in [5.74, 6) is -2.28. The Kier molecular flexibility index (Phi) is 5.30. The normalized spacial score (nSPS) is 13.3. The van der Waals surface area contributed by atoms with Gasteiger partial charge in [-0.25, -0.2) is 8.78 Å². The molecule has 1 aliphatic rings. The first-order valence-electron chi connectivity index (χ1n) is 8.54. The fourth-order valence-electron chi connectivity index (χ4n) is 3.25. The molecule has 2 aromatic carbocycles. The lowest BCUT2D eigenvalue weighted by atomic mass is 10.00. The topological polar surface area (TPSA) is 40.6 Å². The number of fused-ring (bicyclic) bond motifs is 1. The third kappa shape index (κ3) is 3.74. The van der Waals surface area contributed by atoms with Crippen molar-refractivity contribution in [2.45, 2.75) is 26.3 Å². The van der Waals surface area contributed by atoms with Crippen molar-refractivity contribution in [3.63, 3.8) is 0 Å². The molecule has 1 aliphatic heterocycles. The van der Waals surface area contributed by atoms with Gasteiger partial charge in [0.1, 0.15) is 17.3 Å². The molecule has 2 amide bonds. The number of hydrogen-bond donors (Lipinski definition) is 0. The number of carbonyl (C=O) groups is 2. The van der Waals surface area contributed by atoms with Crippen LogP contribution >= 0.6 is 0 Å². The number of amides is 2. The highest BCUT2D eigenvalue weighted by Crippen LogP contribution is 2.24. The van der Waals surface area contributed by atoms with Crippen molar-refractivity contribution in [1.82, 2.24) is 4.90 Å². The highest BCUT2D eigenvalue weighted by molar-refractivity contribution is 5.92. The van der Waals surface area contributed by atoms with Gasteiger partial charge in [0.25, 0.3) is 0 Å². The number of hydrogen-bond acceptors (Lipinski definition) is 2. The Hall–Kier alpha value is -2.76. The monoisotopic (exact) mass is 358 g/mol. The molecule has 26 heavy (non-hydrogen) atoms. The zero-order valence-corrected chi connectivity index (χ0v) is 14.5. The van der Waals surface area contributed by atoms with Crippen LogP contribution in [0.15, 0.2) is 42.5 Å². The van der Waals surface area contributed by atoms with Crippen molar-refractivity contribution < 1.29 is 18.4 Å². The van der Waals surface area contributed by atoms with Crippen LogP contribution in [0.3, 0.4) is 0 Å². The first-order valence-corrected chi connectivity index (χ1v) is 8.54. The maximum absolute atomic E-state index is 14.0. The summed E-state index contributed by atoms with van der Waals surface area (Å²) < 4.78 is 28.0. The Morgan fingerprint density at radius 1 is 1.04 bits per heavy atom. The van der Waals surface area contributed by atoms with E-state index in [1.165, 1.54) is 18.6 Å². The number of benzene rings is 2. The van der Waals surface area contributed by atoms with E-state index in [-0.39, 0.29) is 18.9 Å². The largest absolute Gasteiger partial charge is 0.338 e. The Balaban J connectivity index is 1.69. The van der Waals surface area contributed by atoms with Crippen LogP contribution in [0, 0.1) is 11.6 Å². The second-order valence-corrected chi connectivity index (χ2v) is 6.32. The van der Waals surface area contributed by atoms with E-state index >= 15 is 0 Å². The van der Waals surface area contributed by atoms with E-state index in [0.717, 1.165) is 29.0 Å². The smallest absolute Gasteiger partial charge is 0.224 e. The molecule has 0 bridgehead atoms. The van der Waals surface area contributed by atoms with E-state index in [0.29, 0.717) is 13.1 Å². The number of carbonyl (C=O) groups excluding carboxylic acids is 2. The maximum Gasteiger partial charge on any atom is 0.224 e. The summed E-state index contributed by atoms with van der Waals surface area (Å²) in [5.41, 5.74) is 1.93. The molecule has 0 spiro atoms. The standard InChI is InChI=1S/C20H20F2N2O2/c1-14(25)24(20-17(21)7-4-8-18(20)22)12-10-19(26)23-11-9-15-5-2-3-6-16(15)13-23/h2-8H,9-13H2,1H3. The highest BCUT2D eigenvalue weighted by atomic mass is 19.1. The predicted molar refractivity (Wildman–Crippen MR) is 94.6 cm³/mol.